The summed E-state index contributed by atoms with van der Waals surface area (Å²) < 4.78 is 1.79. The van der Waals surface area contributed by atoms with Crippen molar-refractivity contribution in [2.45, 2.75) is 26.7 Å². The Balaban J connectivity index is 2.67. The van der Waals surface area contributed by atoms with Crippen LogP contribution in [-0.2, 0) is 13.5 Å². The second kappa shape index (κ2) is 3.92. The Hall–Kier alpha value is -0.830. The number of nitrogens with zero attached hydrogens (tertiary/aromatic N) is 2. The van der Waals surface area contributed by atoms with Gasteiger partial charge in [-0.25, -0.2) is 0 Å². The normalized spacial score (nSPS) is 15.7. The summed E-state index contributed by atoms with van der Waals surface area (Å²) in [4.78, 5) is 0. The molecule has 0 saturated carbocycles. The molecule has 1 heterocycles. The summed E-state index contributed by atoms with van der Waals surface area (Å²) in [5.74, 6) is 0. The standard InChI is InChI=1S/C10H18N2O/c1-4-10(2,8-13)7-9-5-6-12(3)11-9/h5-6,13H,4,7-8H2,1-3H3. The zero-order chi connectivity index (χ0) is 9.90. The predicted molar refractivity (Wildman–Crippen MR) is 52.4 cm³/mol. The van der Waals surface area contributed by atoms with Crippen LogP contribution in [-0.4, -0.2) is 21.5 Å². The lowest BCUT2D eigenvalue weighted by Crippen LogP contribution is -2.23. The first-order chi connectivity index (χ1) is 6.09. The van der Waals surface area contributed by atoms with Gasteiger partial charge in [-0.15, -0.1) is 0 Å². The van der Waals surface area contributed by atoms with E-state index >= 15 is 0 Å². The Morgan fingerprint density at radius 1 is 1.62 bits per heavy atom. The summed E-state index contributed by atoms with van der Waals surface area (Å²) in [7, 11) is 1.91. The topological polar surface area (TPSA) is 38.0 Å². The molecule has 3 heteroatoms. The monoisotopic (exact) mass is 182 g/mol. The quantitative estimate of drug-likeness (QED) is 0.763. The number of aliphatic hydroxyl groups is 1. The highest BCUT2D eigenvalue weighted by Crippen LogP contribution is 2.24. The second-order valence-corrected chi connectivity index (χ2v) is 3.98. The number of hydrogen-bond donors (Lipinski definition) is 1. The number of rotatable bonds is 4. The van der Waals surface area contributed by atoms with Crippen LogP contribution in [0.15, 0.2) is 12.3 Å². The molecule has 0 aliphatic carbocycles. The van der Waals surface area contributed by atoms with Gasteiger partial charge in [-0.05, 0) is 24.3 Å². The van der Waals surface area contributed by atoms with Gasteiger partial charge in [-0.3, -0.25) is 4.68 Å². The Labute approximate surface area is 79.4 Å². The van der Waals surface area contributed by atoms with Gasteiger partial charge in [0.1, 0.15) is 0 Å². The SMILES string of the molecule is CCC(C)(CO)Cc1ccn(C)n1. The highest BCUT2D eigenvalue weighted by atomic mass is 16.3. The van der Waals surface area contributed by atoms with E-state index in [0.29, 0.717) is 0 Å². The van der Waals surface area contributed by atoms with E-state index in [4.69, 9.17) is 0 Å². The Kier molecular flexibility index (Phi) is 3.09. The van der Waals surface area contributed by atoms with Crippen LogP contribution in [0.5, 0.6) is 0 Å². The smallest absolute Gasteiger partial charge is 0.0630 e. The van der Waals surface area contributed by atoms with Crippen LogP contribution < -0.4 is 0 Å². The van der Waals surface area contributed by atoms with Gasteiger partial charge in [0.2, 0.25) is 0 Å². The summed E-state index contributed by atoms with van der Waals surface area (Å²) in [6.45, 7) is 4.40. The lowest BCUT2D eigenvalue weighted by molar-refractivity contribution is 0.136. The lowest BCUT2D eigenvalue weighted by Gasteiger charge is -2.24. The number of aliphatic hydroxyl groups excluding tert-OH is 1. The molecule has 1 N–H and O–H groups in total. The molecule has 0 aliphatic rings. The zero-order valence-corrected chi connectivity index (χ0v) is 8.62. The van der Waals surface area contributed by atoms with Gasteiger partial charge >= 0.3 is 0 Å². The first kappa shape index (κ1) is 10.3. The van der Waals surface area contributed by atoms with Gasteiger partial charge in [-0.1, -0.05) is 13.8 Å². The Bertz CT molecular complexity index is 264. The number of hydrogen-bond acceptors (Lipinski definition) is 2. The van der Waals surface area contributed by atoms with Crippen LogP contribution in [0.3, 0.4) is 0 Å². The molecule has 0 spiro atoms. The summed E-state index contributed by atoms with van der Waals surface area (Å²) in [5.41, 5.74) is 1.04. The molecule has 0 aromatic carbocycles. The minimum absolute atomic E-state index is 0.0195. The molecule has 13 heavy (non-hydrogen) atoms. The third kappa shape index (κ3) is 2.56. The number of aryl methyl sites for hydroxylation is 1. The van der Waals surface area contributed by atoms with E-state index in [2.05, 4.69) is 18.9 Å². The molecule has 0 aliphatic heterocycles. The molecule has 1 atom stereocenters. The van der Waals surface area contributed by atoms with Crippen molar-refractivity contribution in [2.75, 3.05) is 6.61 Å². The third-order valence-corrected chi connectivity index (χ3v) is 2.61. The van der Waals surface area contributed by atoms with Crippen LogP contribution in [0.25, 0.3) is 0 Å². The first-order valence-electron chi connectivity index (χ1n) is 4.69. The van der Waals surface area contributed by atoms with E-state index in [1.165, 1.54) is 0 Å². The Morgan fingerprint density at radius 3 is 2.69 bits per heavy atom. The maximum absolute atomic E-state index is 9.22. The van der Waals surface area contributed by atoms with Crippen LogP contribution in [0.4, 0.5) is 0 Å². The van der Waals surface area contributed by atoms with Crippen LogP contribution in [0, 0.1) is 5.41 Å². The van der Waals surface area contributed by atoms with E-state index in [0.717, 1.165) is 18.5 Å². The molecule has 1 aromatic rings. The molecule has 0 radical (unpaired) electrons. The third-order valence-electron chi connectivity index (χ3n) is 2.61. The van der Waals surface area contributed by atoms with Gasteiger partial charge in [-0.2, -0.15) is 5.10 Å². The minimum Gasteiger partial charge on any atom is -0.396 e. The van der Waals surface area contributed by atoms with Crippen molar-refractivity contribution in [2.24, 2.45) is 12.5 Å². The van der Waals surface area contributed by atoms with Crippen molar-refractivity contribution < 1.29 is 5.11 Å². The van der Waals surface area contributed by atoms with Crippen molar-refractivity contribution in [1.82, 2.24) is 9.78 Å². The molecule has 0 bridgehead atoms. The first-order valence-corrected chi connectivity index (χ1v) is 4.69. The molecule has 0 amide bonds. The van der Waals surface area contributed by atoms with Crippen molar-refractivity contribution in [1.29, 1.82) is 0 Å². The largest absolute Gasteiger partial charge is 0.396 e. The average Bonchev–Trinajstić information content (AvgIpc) is 2.51. The molecular formula is C10H18N2O. The summed E-state index contributed by atoms with van der Waals surface area (Å²) in [6, 6.07) is 2.00. The van der Waals surface area contributed by atoms with E-state index in [-0.39, 0.29) is 12.0 Å². The zero-order valence-electron chi connectivity index (χ0n) is 8.62. The second-order valence-electron chi connectivity index (χ2n) is 3.98. The molecule has 1 unspecified atom stereocenters. The van der Waals surface area contributed by atoms with E-state index in [1.807, 2.05) is 19.3 Å². The van der Waals surface area contributed by atoms with Crippen molar-refractivity contribution in [3.63, 3.8) is 0 Å². The molecule has 0 saturated heterocycles. The Morgan fingerprint density at radius 2 is 2.31 bits per heavy atom. The van der Waals surface area contributed by atoms with Crippen molar-refractivity contribution >= 4 is 0 Å². The fourth-order valence-corrected chi connectivity index (χ4v) is 1.29. The molecule has 3 nitrogen and oxygen atoms in total. The lowest BCUT2D eigenvalue weighted by atomic mass is 9.84. The molecule has 1 aromatic heterocycles. The van der Waals surface area contributed by atoms with Gasteiger partial charge in [0.05, 0.1) is 5.69 Å². The fourth-order valence-electron chi connectivity index (χ4n) is 1.29. The highest BCUT2D eigenvalue weighted by molar-refractivity contribution is 5.02. The van der Waals surface area contributed by atoms with Gasteiger partial charge in [0.25, 0.3) is 0 Å². The number of aromatic nitrogens is 2. The maximum atomic E-state index is 9.22. The minimum atomic E-state index is -0.0195. The van der Waals surface area contributed by atoms with Crippen LogP contribution in [0.1, 0.15) is 26.0 Å². The van der Waals surface area contributed by atoms with Crippen LogP contribution >= 0.6 is 0 Å². The average molecular weight is 182 g/mol. The summed E-state index contributed by atoms with van der Waals surface area (Å²) >= 11 is 0. The molecule has 74 valence electrons. The van der Waals surface area contributed by atoms with E-state index < -0.39 is 0 Å². The van der Waals surface area contributed by atoms with Crippen molar-refractivity contribution in [3.05, 3.63) is 18.0 Å². The van der Waals surface area contributed by atoms with Crippen LogP contribution in [0.2, 0.25) is 0 Å². The van der Waals surface area contributed by atoms with Gasteiger partial charge < -0.3 is 5.11 Å². The van der Waals surface area contributed by atoms with Crippen molar-refractivity contribution in [3.8, 4) is 0 Å². The molecule has 0 fully saturated rings. The summed E-state index contributed by atoms with van der Waals surface area (Å²) in [6.07, 6.45) is 3.75. The highest BCUT2D eigenvalue weighted by Gasteiger charge is 2.22. The molecular weight excluding hydrogens is 164 g/mol. The van der Waals surface area contributed by atoms with Gasteiger partial charge in [0, 0.05) is 19.9 Å². The summed E-state index contributed by atoms with van der Waals surface area (Å²) in [5, 5.41) is 13.5. The van der Waals surface area contributed by atoms with E-state index in [1.54, 1.807) is 4.68 Å². The maximum Gasteiger partial charge on any atom is 0.0630 e. The van der Waals surface area contributed by atoms with E-state index in [9.17, 15) is 5.11 Å². The predicted octanol–water partition coefficient (Wildman–Crippen LogP) is 1.37. The fraction of sp³-hybridized carbons (Fsp3) is 0.700. The van der Waals surface area contributed by atoms with Gasteiger partial charge in [0.15, 0.2) is 0 Å². The molecule has 1 rings (SSSR count).